The minimum Gasteiger partial charge on any atom is -0.382 e. The van der Waals surface area contributed by atoms with Gasteiger partial charge < -0.3 is 10.2 Å². The summed E-state index contributed by atoms with van der Waals surface area (Å²) in [5.74, 6) is 0.0408. The zero-order valence-corrected chi connectivity index (χ0v) is 11.2. The van der Waals surface area contributed by atoms with E-state index in [0.717, 1.165) is 24.1 Å². The van der Waals surface area contributed by atoms with Crippen LogP contribution in [0.4, 0.5) is 5.69 Å². The van der Waals surface area contributed by atoms with Crippen LogP contribution in [0, 0.1) is 0 Å². The van der Waals surface area contributed by atoms with Crippen molar-refractivity contribution >= 4 is 11.6 Å². The van der Waals surface area contributed by atoms with Crippen molar-refractivity contribution in [1.82, 2.24) is 4.90 Å². The molecular formula is C14H22N2O. The third kappa shape index (κ3) is 3.77. The molecule has 0 aliphatic heterocycles. The smallest absolute Gasteiger partial charge is 0.253 e. The van der Waals surface area contributed by atoms with Crippen molar-refractivity contribution in [3.8, 4) is 0 Å². The topological polar surface area (TPSA) is 32.3 Å². The minimum atomic E-state index is 0.0408. The molecule has 1 aromatic rings. The fourth-order valence-electron chi connectivity index (χ4n) is 1.70. The second kappa shape index (κ2) is 6.28. The highest BCUT2D eigenvalue weighted by Gasteiger charge is 2.08. The largest absolute Gasteiger partial charge is 0.382 e. The lowest BCUT2D eigenvalue weighted by Crippen LogP contribution is -2.21. The molecular weight excluding hydrogens is 212 g/mol. The Morgan fingerprint density at radius 1 is 1.18 bits per heavy atom. The molecule has 0 bridgehead atoms. The Kier molecular flexibility index (Phi) is 5.01. The zero-order chi connectivity index (χ0) is 12.8. The van der Waals surface area contributed by atoms with Gasteiger partial charge in [-0.2, -0.15) is 0 Å². The molecule has 0 aliphatic rings. The Labute approximate surface area is 104 Å². The Hall–Kier alpha value is -1.51. The van der Waals surface area contributed by atoms with Gasteiger partial charge in [0.1, 0.15) is 0 Å². The summed E-state index contributed by atoms with van der Waals surface area (Å²) in [7, 11) is 3.53. The monoisotopic (exact) mass is 234 g/mol. The molecule has 0 aliphatic carbocycles. The number of carbonyl (C=O) groups excluding carboxylic acids is 1. The highest BCUT2D eigenvalue weighted by atomic mass is 16.2. The summed E-state index contributed by atoms with van der Waals surface area (Å²) in [4.78, 5) is 13.3. The summed E-state index contributed by atoms with van der Waals surface area (Å²) < 4.78 is 0. The van der Waals surface area contributed by atoms with Gasteiger partial charge in [0.15, 0.2) is 0 Å². The maximum Gasteiger partial charge on any atom is 0.253 e. The van der Waals surface area contributed by atoms with Gasteiger partial charge >= 0.3 is 0 Å². The van der Waals surface area contributed by atoms with Gasteiger partial charge in [0.2, 0.25) is 0 Å². The molecule has 0 fully saturated rings. The molecule has 1 amide bonds. The van der Waals surface area contributed by atoms with Crippen molar-refractivity contribution in [2.75, 3.05) is 19.4 Å². The van der Waals surface area contributed by atoms with E-state index < -0.39 is 0 Å². The Morgan fingerprint density at radius 3 is 2.12 bits per heavy atom. The summed E-state index contributed by atoms with van der Waals surface area (Å²) in [6.07, 6.45) is 2.21. The van der Waals surface area contributed by atoms with Crippen molar-refractivity contribution < 1.29 is 4.79 Å². The average molecular weight is 234 g/mol. The van der Waals surface area contributed by atoms with Crippen LogP contribution < -0.4 is 5.32 Å². The second-order valence-electron chi connectivity index (χ2n) is 4.43. The SMILES string of the molecule is CCC(CC)Nc1ccc(C(=O)N(C)C)cc1. The third-order valence-corrected chi connectivity index (χ3v) is 2.89. The summed E-state index contributed by atoms with van der Waals surface area (Å²) >= 11 is 0. The first-order chi connectivity index (χ1) is 8.08. The molecule has 0 saturated carbocycles. The number of nitrogens with one attached hydrogen (secondary N) is 1. The van der Waals surface area contributed by atoms with Crippen molar-refractivity contribution in [3.63, 3.8) is 0 Å². The Balaban J connectivity index is 2.71. The molecule has 0 aromatic heterocycles. The van der Waals surface area contributed by atoms with Crippen LogP contribution in [-0.4, -0.2) is 30.9 Å². The lowest BCUT2D eigenvalue weighted by molar-refractivity contribution is 0.0827. The van der Waals surface area contributed by atoms with Crippen LogP contribution >= 0.6 is 0 Å². The quantitative estimate of drug-likeness (QED) is 0.849. The number of hydrogen-bond acceptors (Lipinski definition) is 2. The van der Waals surface area contributed by atoms with Crippen molar-refractivity contribution in [1.29, 1.82) is 0 Å². The molecule has 3 nitrogen and oxygen atoms in total. The van der Waals surface area contributed by atoms with Crippen LogP contribution in [0.15, 0.2) is 24.3 Å². The molecule has 0 saturated heterocycles. The van der Waals surface area contributed by atoms with Crippen LogP contribution in [0.25, 0.3) is 0 Å². The lowest BCUT2D eigenvalue weighted by Gasteiger charge is -2.16. The number of carbonyl (C=O) groups is 1. The summed E-state index contributed by atoms with van der Waals surface area (Å²) in [6.45, 7) is 4.34. The second-order valence-corrected chi connectivity index (χ2v) is 4.43. The molecule has 0 radical (unpaired) electrons. The fourth-order valence-corrected chi connectivity index (χ4v) is 1.70. The van der Waals surface area contributed by atoms with Gasteiger partial charge in [-0.3, -0.25) is 4.79 Å². The normalized spacial score (nSPS) is 10.4. The minimum absolute atomic E-state index is 0.0408. The van der Waals surface area contributed by atoms with E-state index >= 15 is 0 Å². The van der Waals surface area contributed by atoms with E-state index in [4.69, 9.17) is 0 Å². The summed E-state index contributed by atoms with van der Waals surface area (Å²) in [5.41, 5.74) is 1.80. The summed E-state index contributed by atoms with van der Waals surface area (Å²) in [6, 6.07) is 8.18. The van der Waals surface area contributed by atoms with E-state index in [1.165, 1.54) is 0 Å². The fraction of sp³-hybridized carbons (Fsp3) is 0.500. The number of amides is 1. The molecule has 94 valence electrons. The maximum absolute atomic E-state index is 11.7. The first-order valence-electron chi connectivity index (χ1n) is 6.16. The first-order valence-corrected chi connectivity index (χ1v) is 6.16. The van der Waals surface area contributed by atoms with E-state index in [1.54, 1.807) is 19.0 Å². The van der Waals surface area contributed by atoms with Crippen molar-refractivity contribution in [2.24, 2.45) is 0 Å². The van der Waals surface area contributed by atoms with Crippen molar-refractivity contribution in [3.05, 3.63) is 29.8 Å². The molecule has 0 spiro atoms. The number of hydrogen-bond donors (Lipinski definition) is 1. The van der Waals surface area contributed by atoms with Gasteiger partial charge in [-0.1, -0.05) is 13.8 Å². The predicted octanol–water partition coefficient (Wildman–Crippen LogP) is 2.99. The number of anilines is 1. The molecule has 1 aromatic carbocycles. The van der Waals surface area contributed by atoms with Gasteiger partial charge in [-0.15, -0.1) is 0 Å². The predicted molar refractivity (Wildman–Crippen MR) is 72.5 cm³/mol. The van der Waals surface area contributed by atoms with Crippen molar-refractivity contribution in [2.45, 2.75) is 32.7 Å². The van der Waals surface area contributed by atoms with E-state index in [9.17, 15) is 4.79 Å². The molecule has 1 rings (SSSR count). The Bertz CT molecular complexity index is 353. The maximum atomic E-state index is 11.7. The molecule has 3 heteroatoms. The highest BCUT2D eigenvalue weighted by molar-refractivity contribution is 5.94. The lowest BCUT2D eigenvalue weighted by atomic mass is 10.1. The third-order valence-electron chi connectivity index (χ3n) is 2.89. The van der Waals surface area contributed by atoms with Crippen LogP contribution in [0.1, 0.15) is 37.0 Å². The zero-order valence-electron chi connectivity index (χ0n) is 11.2. The number of benzene rings is 1. The van der Waals surface area contributed by atoms with E-state index in [1.807, 2.05) is 24.3 Å². The molecule has 0 unspecified atom stereocenters. The Morgan fingerprint density at radius 2 is 1.71 bits per heavy atom. The van der Waals surface area contributed by atoms with Gasteiger partial charge in [0, 0.05) is 31.4 Å². The first kappa shape index (κ1) is 13.6. The molecule has 1 N–H and O–H groups in total. The summed E-state index contributed by atoms with van der Waals surface area (Å²) in [5, 5.41) is 3.45. The molecule has 17 heavy (non-hydrogen) atoms. The van der Waals surface area contributed by atoms with Crippen LogP contribution in [-0.2, 0) is 0 Å². The number of nitrogens with zero attached hydrogens (tertiary/aromatic N) is 1. The van der Waals surface area contributed by atoms with E-state index in [-0.39, 0.29) is 5.91 Å². The van der Waals surface area contributed by atoms with Gasteiger partial charge in [-0.25, -0.2) is 0 Å². The van der Waals surface area contributed by atoms with Crippen LogP contribution in [0.3, 0.4) is 0 Å². The molecule has 0 atom stereocenters. The van der Waals surface area contributed by atoms with E-state index in [2.05, 4.69) is 19.2 Å². The number of rotatable bonds is 5. The van der Waals surface area contributed by atoms with Gasteiger partial charge in [-0.05, 0) is 37.1 Å². The van der Waals surface area contributed by atoms with Crippen LogP contribution in [0.2, 0.25) is 0 Å². The van der Waals surface area contributed by atoms with Gasteiger partial charge in [0.05, 0.1) is 0 Å². The van der Waals surface area contributed by atoms with E-state index in [0.29, 0.717) is 6.04 Å². The van der Waals surface area contributed by atoms with Crippen LogP contribution in [0.5, 0.6) is 0 Å². The van der Waals surface area contributed by atoms with Gasteiger partial charge in [0.25, 0.3) is 5.91 Å². The molecule has 0 heterocycles. The average Bonchev–Trinajstić information content (AvgIpc) is 2.35. The standard InChI is InChI=1S/C14H22N2O/c1-5-12(6-2)15-13-9-7-11(8-10-13)14(17)16(3)4/h7-10,12,15H,5-6H2,1-4H3. The highest BCUT2D eigenvalue weighted by Crippen LogP contribution is 2.13.